The minimum atomic E-state index is -0.169. The Labute approximate surface area is 172 Å². The number of hydrogen-bond acceptors (Lipinski definition) is 4. The number of rotatable bonds is 2. The fraction of sp³-hybridized carbons (Fsp3) is 0.261. The zero-order valence-corrected chi connectivity index (χ0v) is 16.9. The average Bonchev–Trinajstić information content (AvgIpc) is 3.39. The van der Waals surface area contributed by atoms with Gasteiger partial charge in [0.25, 0.3) is 0 Å². The molecule has 4 heterocycles. The highest BCUT2D eigenvalue weighted by atomic mass is 79.9. The number of halogens is 1. The van der Waals surface area contributed by atoms with Crippen LogP contribution in [0.1, 0.15) is 22.4 Å². The lowest BCUT2D eigenvalue weighted by Gasteiger charge is -2.25. The van der Waals surface area contributed by atoms with Gasteiger partial charge in [-0.25, -0.2) is 0 Å². The number of hydrogen-bond donors (Lipinski definition) is 0. The average molecular weight is 435 g/mol. The Morgan fingerprint density at radius 2 is 2.04 bits per heavy atom. The molecule has 1 atom stereocenters. The van der Waals surface area contributed by atoms with Gasteiger partial charge in [-0.1, -0.05) is 28.1 Å². The number of fused-ring (bicyclic) bond motifs is 5. The zero-order chi connectivity index (χ0) is 18.7. The summed E-state index contributed by atoms with van der Waals surface area (Å²) in [4.78, 5) is 6.98. The van der Waals surface area contributed by atoms with E-state index in [4.69, 9.17) is 9.47 Å². The van der Waals surface area contributed by atoms with Crippen molar-refractivity contribution in [1.82, 2.24) is 4.98 Å². The summed E-state index contributed by atoms with van der Waals surface area (Å²) in [6.45, 7) is 3.08. The van der Waals surface area contributed by atoms with Gasteiger partial charge in [-0.15, -0.1) is 0 Å². The number of benzene rings is 2. The highest BCUT2D eigenvalue weighted by molar-refractivity contribution is 9.10. The molecule has 1 spiro atoms. The van der Waals surface area contributed by atoms with Crippen molar-refractivity contribution in [2.45, 2.75) is 18.4 Å². The molecule has 28 heavy (non-hydrogen) atoms. The van der Waals surface area contributed by atoms with E-state index in [1.807, 2.05) is 18.3 Å². The quantitative estimate of drug-likeness (QED) is 0.595. The lowest BCUT2D eigenvalue weighted by atomic mass is 9.77. The van der Waals surface area contributed by atoms with Gasteiger partial charge in [-0.3, -0.25) is 4.98 Å². The van der Waals surface area contributed by atoms with E-state index in [1.165, 1.54) is 22.4 Å². The zero-order valence-electron chi connectivity index (χ0n) is 15.3. The van der Waals surface area contributed by atoms with E-state index in [1.54, 1.807) is 0 Å². The fourth-order valence-corrected chi connectivity index (χ4v) is 5.62. The monoisotopic (exact) mass is 434 g/mol. The minimum Gasteiger partial charge on any atom is -0.493 e. The predicted octanol–water partition coefficient (Wildman–Crippen LogP) is 4.48. The number of nitrogens with zero attached hydrogens (tertiary/aromatic N) is 2. The maximum atomic E-state index is 6.23. The Morgan fingerprint density at radius 1 is 1.07 bits per heavy atom. The van der Waals surface area contributed by atoms with E-state index in [0.717, 1.165) is 47.8 Å². The summed E-state index contributed by atoms with van der Waals surface area (Å²) in [7, 11) is 0. The first kappa shape index (κ1) is 16.4. The van der Waals surface area contributed by atoms with Crippen molar-refractivity contribution >= 4 is 21.6 Å². The van der Waals surface area contributed by atoms with Gasteiger partial charge in [0.2, 0.25) is 0 Å². The summed E-state index contributed by atoms with van der Waals surface area (Å²) < 4.78 is 13.1. The van der Waals surface area contributed by atoms with Crippen LogP contribution in [0.25, 0.3) is 0 Å². The highest BCUT2D eigenvalue weighted by Gasteiger charge is 2.51. The molecule has 0 aliphatic carbocycles. The van der Waals surface area contributed by atoms with E-state index < -0.39 is 0 Å². The predicted molar refractivity (Wildman–Crippen MR) is 111 cm³/mol. The second kappa shape index (κ2) is 5.98. The van der Waals surface area contributed by atoms with E-state index in [9.17, 15) is 0 Å². The number of aromatic nitrogens is 1. The second-order valence-electron chi connectivity index (χ2n) is 7.74. The third-order valence-corrected chi connectivity index (χ3v) is 6.79. The van der Waals surface area contributed by atoms with Crippen molar-refractivity contribution in [3.8, 4) is 11.5 Å². The number of ether oxygens (including phenoxy) is 2. The Kier molecular flexibility index (Phi) is 3.51. The normalized spacial score (nSPS) is 21.2. The Bertz CT molecular complexity index is 1090. The Hall–Kier alpha value is -2.53. The van der Waals surface area contributed by atoms with Crippen LogP contribution < -0.4 is 14.4 Å². The summed E-state index contributed by atoms with van der Waals surface area (Å²) >= 11 is 3.84. The molecule has 0 saturated heterocycles. The standard InChI is InChI=1S/C23H19BrN2O2/c24-18-5-3-6-19-22(18)23(13-26(19)12-16-4-1-2-8-25-16)14-28-21-11-20-15(7-9-27-20)10-17(21)23/h1-6,8,10-11H,7,9,12-14H2. The molecule has 6 rings (SSSR count). The second-order valence-corrected chi connectivity index (χ2v) is 8.59. The van der Waals surface area contributed by atoms with Crippen LogP contribution in [0.5, 0.6) is 11.5 Å². The maximum absolute atomic E-state index is 6.23. The molecule has 3 aliphatic heterocycles. The molecule has 0 bridgehead atoms. The fourth-order valence-electron chi connectivity index (χ4n) is 4.88. The van der Waals surface area contributed by atoms with Gasteiger partial charge < -0.3 is 14.4 Å². The summed E-state index contributed by atoms with van der Waals surface area (Å²) in [5, 5.41) is 0. The lowest BCUT2D eigenvalue weighted by Crippen LogP contribution is -2.36. The molecule has 0 fully saturated rings. The van der Waals surface area contributed by atoms with Gasteiger partial charge >= 0.3 is 0 Å². The molecule has 140 valence electrons. The maximum Gasteiger partial charge on any atom is 0.127 e. The van der Waals surface area contributed by atoms with Crippen LogP contribution in [0.4, 0.5) is 5.69 Å². The third-order valence-electron chi connectivity index (χ3n) is 6.13. The molecule has 3 aliphatic rings. The van der Waals surface area contributed by atoms with Crippen molar-refractivity contribution in [2.24, 2.45) is 0 Å². The van der Waals surface area contributed by atoms with Crippen LogP contribution in [-0.2, 0) is 18.4 Å². The smallest absolute Gasteiger partial charge is 0.127 e. The largest absolute Gasteiger partial charge is 0.493 e. The summed E-state index contributed by atoms with van der Waals surface area (Å²) in [6.07, 6.45) is 2.83. The molecule has 1 unspecified atom stereocenters. The van der Waals surface area contributed by atoms with Crippen LogP contribution in [0.15, 0.2) is 59.2 Å². The summed E-state index contributed by atoms with van der Waals surface area (Å²) in [5.74, 6) is 1.94. The van der Waals surface area contributed by atoms with Crippen molar-refractivity contribution in [1.29, 1.82) is 0 Å². The third kappa shape index (κ3) is 2.26. The van der Waals surface area contributed by atoms with Gasteiger partial charge in [-0.2, -0.15) is 0 Å². The van der Waals surface area contributed by atoms with E-state index in [2.05, 4.69) is 62.2 Å². The molecule has 2 aromatic carbocycles. The van der Waals surface area contributed by atoms with Gasteiger partial charge in [0.15, 0.2) is 0 Å². The first-order chi connectivity index (χ1) is 13.7. The Balaban J connectivity index is 1.50. The van der Waals surface area contributed by atoms with Crippen LogP contribution in [0.3, 0.4) is 0 Å². The molecular formula is C23H19BrN2O2. The highest BCUT2D eigenvalue weighted by Crippen LogP contribution is 2.55. The first-order valence-electron chi connectivity index (χ1n) is 9.61. The van der Waals surface area contributed by atoms with Gasteiger partial charge in [0.1, 0.15) is 18.1 Å². The first-order valence-corrected chi connectivity index (χ1v) is 10.4. The van der Waals surface area contributed by atoms with Crippen molar-refractivity contribution in [2.75, 3.05) is 24.7 Å². The van der Waals surface area contributed by atoms with Crippen LogP contribution >= 0.6 is 15.9 Å². The van der Waals surface area contributed by atoms with Crippen LogP contribution in [0, 0.1) is 0 Å². The molecule has 0 saturated carbocycles. The minimum absolute atomic E-state index is 0.169. The van der Waals surface area contributed by atoms with E-state index in [-0.39, 0.29) is 5.41 Å². The van der Waals surface area contributed by atoms with Gasteiger partial charge in [-0.05, 0) is 35.9 Å². The molecule has 1 aromatic heterocycles. The molecule has 0 radical (unpaired) electrons. The molecular weight excluding hydrogens is 416 g/mol. The summed E-state index contributed by atoms with van der Waals surface area (Å²) in [5.41, 5.74) is 6.06. The Morgan fingerprint density at radius 3 is 2.93 bits per heavy atom. The lowest BCUT2D eigenvalue weighted by molar-refractivity contribution is 0.296. The molecule has 0 amide bonds. The SMILES string of the molecule is Brc1cccc2c1C1(COc3cc4c(cc31)CCO4)CN2Cc1ccccn1. The molecule has 5 heteroatoms. The van der Waals surface area contributed by atoms with Crippen molar-refractivity contribution < 1.29 is 9.47 Å². The number of pyridine rings is 1. The molecule has 4 nitrogen and oxygen atoms in total. The van der Waals surface area contributed by atoms with Crippen LogP contribution in [-0.4, -0.2) is 24.7 Å². The molecule has 0 N–H and O–H groups in total. The molecule has 3 aromatic rings. The number of anilines is 1. The van der Waals surface area contributed by atoms with E-state index >= 15 is 0 Å². The van der Waals surface area contributed by atoms with Gasteiger partial charge in [0.05, 0.1) is 24.3 Å². The summed E-state index contributed by atoms with van der Waals surface area (Å²) in [6, 6.07) is 17.0. The van der Waals surface area contributed by atoms with E-state index in [0.29, 0.717) is 6.61 Å². The van der Waals surface area contributed by atoms with Crippen LogP contribution in [0.2, 0.25) is 0 Å². The van der Waals surface area contributed by atoms with Crippen molar-refractivity contribution in [3.05, 3.63) is 81.6 Å². The topological polar surface area (TPSA) is 34.6 Å². The van der Waals surface area contributed by atoms with Gasteiger partial charge in [0, 0.05) is 46.5 Å². The van der Waals surface area contributed by atoms with Crippen molar-refractivity contribution in [3.63, 3.8) is 0 Å².